The van der Waals surface area contributed by atoms with Crippen molar-refractivity contribution >= 4 is 33.4 Å². The van der Waals surface area contributed by atoms with Crippen LogP contribution in [0.1, 0.15) is 5.69 Å². The van der Waals surface area contributed by atoms with E-state index in [9.17, 15) is 31.2 Å². The fraction of sp³-hybridized carbons (Fsp3) is 0.154. The molecule has 0 fully saturated rings. The lowest BCUT2D eigenvalue weighted by atomic mass is 10.3. The lowest BCUT2D eigenvalue weighted by Crippen LogP contribution is -2.18. The number of aromatic nitrogens is 2. The van der Waals surface area contributed by atoms with Crippen molar-refractivity contribution in [3.63, 3.8) is 0 Å². The van der Waals surface area contributed by atoms with Crippen LogP contribution in [-0.4, -0.2) is 30.0 Å². The predicted molar refractivity (Wildman–Crippen MR) is 87.0 cm³/mol. The van der Waals surface area contributed by atoms with Crippen LogP contribution in [0.5, 0.6) is 0 Å². The lowest BCUT2D eigenvalue weighted by Gasteiger charge is -2.08. The van der Waals surface area contributed by atoms with Gasteiger partial charge in [-0.25, -0.2) is 18.5 Å². The molecule has 1 aromatic carbocycles. The molecular formula is C13H11F3N4O4S2. The third kappa shape index (κ3) is 5.57. The number of sulfonamides is 1. The van der Waals surface area contributed by atoms with Crippen LogP contribution in [0.15, 0.2) is 45.2 Å². The number of nitrogens with zero attached hydrogens (tertiary/aromatic N) is 1. The number of hydrogen-bond acceptors (Lipinski definition) is 6. The van der Waals surface area contributed by atoms with E-state index in [0.717, 1.165) is 0 Å². The highest BCUT2D eigenvalue weighted by Crippen LogP contribution is 2.27. The number of amides is 1. The van der Waals surface area contributed by atoms with E-state index in [-0.39, 0.29) is 21.5 Å². The summed E-state index contributed by atoms with van der Waals surface area (Å²) in [6.45, 7) is 0. The smallest absolute Gasteiger partial charge is 0.325 e. The Kier molecular flexibility index (Phi) is 5.73. The number of carbonyl (C=O) groups excluding carboxylic acids is 1. The number of alkyl halides is 3. The number of nitrogens with two attached hydrogens (primary N) is 1. The summed E-state index contributed by atoms with van der Waals surface area (Å²) in [6.07, 6.45) is -4.78. The molecule has 1 aromatic heterocycles. The van der Waals surface area contributed by atoms with Crippen molar-refractivity contribution in [3.05, 3.63) is 46.4 Å². The molecule has 0 aliphatic heterocycles. The van der Waals surface area contributed by atoms with Gasteiger partial charge >= 0.3 is 6.18 Å². The number of primary sulfonamides is 1. The Morgan fingerprint density at radius 3 is 2.42 bits per heavy atom. The number of aromatic amines is 1. The van der Waals surface area contributed by atoms with E-state index in [4.69, 9.17) is 5.14 Å². The molecule has 4 N–H and O–H groups in total. The predicted octanol–water partition coefficient (Wildman–Crippen LogP) is 1.17. The Hall–Kier alpha value is -2.38. The Bertz CT molecular complexity index is 972. The minimum Gasteiger partial charge on any atom is -0.325 e. The number of H-pyrrole nitrogens is 1. The summed E-state index contributed by atoms with van der Waals surface area (Å²) in [5, 5.41) is 7.00. The van der Waals surface area contributed by atoms with E-state index in [1.54, 1.807) is 0 Å². The Morgan fingerprint density at radius 1 is 1.27 bits per heavy atom. The lowest BCUT2D eigenvalue weighted by molar-refractivity contribution is -0.141. The van der Waals surface area contributed by atoms with Gasteiger partial charge in [-0.15, -0.1) is 0 Å². The second-order valence-electron chi connectivity index (χ2n) is 4.84. The van der Waals surface area contributed by atoms with Crippen LogP contribution in [0.4, 0.5) is 18.9 Å². The van der Waals surface area contributed by atoms with Gasteiger partial charge in [0.1, 0.15) is 0 Å². The maximum absolute atomic E-state index is 12.6. The van der Waals surface area contributed by atoms with E-state index in [2.05, 4.69) is 15.3 Å². The zero-order valence-electron chi connectivity index (χ0n) is 12.7. The molecule has 0 aliphatic carbocycles. The van der Waals surface area contributed by atoms with Gasteiger partial charge in [0.2, 0.25) is 15.9 Å². The van der Waals surface area contributed by atoms with Crippen LogP contribution < -0.4 is 16.0 Å². The van der Waals surface area contributed by atoms with Crippen molar-refractivity contribution in [1.29, 1.82) is 0 Å². The minimum absolute atomic E-state index is 0.143. The first-order valence-corrected chi connectivity index (χ1v) is 9.22. The molecule has 0 saturated heterocycles. The molecule has 0 bridgehead atoms. The molecule has 1 amide bonds. The molecule has 0 spiro atoms. The highest BCUT2D eigenvalue weighted by Gasteiger charge is 2.33. The highest BCUT2D eigenvalue weighted by molar-refractivity contribution is 7.99. The van der Waals surface area contributed by atoms with Crippen molar-refractivity contribution in [2.75, 3.05) is 11.1 Å². The largest absolute Gasteiger partial charge is 0.433 e. The summed E-state index contributed by atoms with van der Waals surface area (Å²) >= 11 is 0.605. The average Bonchev–Trinajstić information content (AvgIpc) is 2.51. The van der Waals surface area contributed by atoms with E-state index < -0.39 is 33.4 Å². The zero-order valence-corrected chi connectivity index (χ0v) is 14.3. The third-order valence-corrected chi connectivity index (χ3v) is 4.62. The first-order valence-electron chi connectivity index (χ1n) is 6.69. The number of anilines is 1. The summed E-state index contributed by atoms with van der Waals surface area (Å²) in [5.74, 6) is -0.931. The van der Waals surface area contributed by atoms with Gasteiger partial charge < -0.3 is 10.3 Å². The molecule has 8 nitrogen and oxygen atoms in total. The van der Waals surface area contributed by atoms with Gasteiger partial charge in [-0.05, 0) is 24.3 Å². The van der Waals surface area contributed by atoms with Gasteiger partial charge in [0.25, 0.3) is 5.56 Å². The molecule has 1 heterocycles. The summed E-state index contributed by atoms with van der Waals surface area (Å²) < 4.78 is 60.0. The maximum atomic E-state index is 12.6. The molecule has 26 heavy (non-hydrogen) atoms. The first kappa shape index (κ1) is 19.9. The topological polar surface area (TPSA) is 135 Å². The molecule has 0 atom stereocenters. The van der Waals surface area contributed by atoms with Gasteiger partial charge in [0, 0.05) is 11.8 Å². The summed E-state index contributed by atoms with van der Waals surface area (Å²) in [6, 6.07) is 5.28. The zero-order chi connectivity index (χ0) is 19.5. The molecule has 13 heteroatoms. The maximum Gasteiger partial charge on any atom is 0.433 e. The number of nitrogens with one attached hydrogen (secondary N) is 2. The molecule has 0 radical (unpaired) electrons. The molecule has 2 rings (SSSR count). The van der Waals surface area contributed by atoms with E-state index in [0.29, 0.717) is 17.8 Å². The second-order valence-corrected chi connectivity index (χ2v) is 7.37. The molecule has 0 saturated carbocycles. The molecule has 140 valence electrons. The van der Waals surface area contributed by atoms with Gasteiger partial charge in [-0.1, -0.05) is 11.8 Å². The van der Waals surface area contributed by atoms with Crippen molar-refractivity contribution in [2.24, 2.45) is 5.14 Å². The van der Waals surface area contributed by atoms with Gasteiger partial charge in [0.05, 0.1) is 10.6 Å². The molecular weight excluding hydrogens is 397 g/mol. The monoisotopic (exact) mass is 408 g/mol. The number of benzene rings is 1. The van der Waals surface area contributed by atoms with Crippen LogP contribution in [0.2, 0.25) is 0 Å². The molecule has 2 aromatic rings. The summed E-state index contributed by atoms with van der Waals surface area (Å²) in [4.78, 5) is 28.3. The normalized spacial score (nSPS) is 12.0. The fourth-order valence-electron chi connectivity index (χ4n) is 1.71. The van der Waals surface area contributed by atoms with E-state index in [1.165, 1.54) is 24.3 Å². The van der Waals surface area contributed by atoms with Crippen molar-refractivity contribution in [1.82, 2.24) is 9.97 Å². The van der Waals surface area contributed by atoms with Crippen LogP contribution in [0.25, 0.3) is 0 Å². The van der Waals surface area contributed by atoms with Crippen LogP contribution >= 0.6 is 11.8 Å². The van der Waals surface area contributed by atoms with Crippen molar-refractivity contribution in [2.45, 2.75) is 16.2 Å². The number of halogens is 3. The van der Waals surface area contributed by atoms with Crippen LogP contribution in [0.3, 0.4) is 0 Å². The average molecular weight is 408 g/mol. The Labute approximate surface area is 149 Å². The summed E-state index contributed by atoms with van der Waals surface area (Å²) in [5.41, 5.74) is -2.09. The van der Waals surface area contributed by atoms with Crippen LogP contribution in [0, 0.1) is 0 Å². The number of rotatable bonds is 5. The van der Waals surface area contributed by atoms with E-state index >= 15 is 0 Å². The second kappa shape index (κ2) is 7.47. The number of thioether (sulfide) groups is 1. The Balaban J connectivity index is 2.01. The molecule has 0 aliphatic rings. The number of hydrogen-bond donors (Lipinski definition) is 3. The Morgan fingerprint density at radius 2 is 1.88 bits per heavy atom. The third-order valence-electron chi connectivity index (χ3n) is 2.82. The quantitative estimate of drug-likeness (QED) is 0.502. The number of carbonyl (C=O) groups is 1. The van der Waals surface area contributed by atoms with Crippen molar-refractivity contribution < 1.29 is 26.4 Å². The standard InChI is InChI=1S/C13H11F3N4O4S2/c14-13(15,16)9-5-10(21)20-12(19-9)25-6-11(22)18-7-1-3-8(4-2-7)26(17,23)24/h1-5H,6H2,(H,18,22)(H2,17,23,24)(H,19,20,21). The van der Waals surface area contributed by atoms with Gasteiger partial charge in [-0.2, -0.15) is 13.2 Å². The van der Waals surface area contributed by atoms with Gasteiger partial charge in [-0.3, -0.25) is 9.59 Å². The van der Waals surface area contributed by atoms with Gasteiger partial charge in [0.15, 0.2) is 10.9 Å². The van der Waals surface area contributed by atoms with Crippen molar-refractivity contribution in [3.8, 4) is 0 Å². The van der Waals surface area contributed by atoms with E-state index in [1.807, 2.05) is 0 Å². The van der Waals surface area contributed by atoms with Crippen LogP contribution in [-0.2, 0) is 21.0 Å². The highest BCUT2D eigenvalue weighted by atomic mass is 32.2. The molecule has 0 unspecified atom stereocenters. The first-order chi connectivity index (χ1) is 11.9. The fourth-order valence-corrected chi connectivity index (χ4v) is 2.90. The SMILES string of the molecule is NS(=O)(=O)c1ccc(NC(=O)CSc2nc(C(F)(F)F)cc(=O)[nH]2)cc1. The minimum atomic E-state index is -4.78. The summed E-state index contributed by atoms with van der Waals surface area (Å²) in [7, 11) is -3.87.